The van der Waals surface area contributed by atoms with Crippen LogP contribution in [0.3, 0.4) is 0 Å². The van der Waals surface area contributed by atoms with E-state index in [0.29, 0.717) is 17.2 Å². The van der Waals surface area contributed by atoms with Crippen molar-refractivity contribution >= 4 is 11.8 Å². The summed E-state index contributed by atoms with van der Waals surface area (Å²) in [5.41, 5.74) is 0.638. The van der Waals surface area contributed by atoms with Gasteiger partial charge in [-0.05, 0) is 50.0 Å². The van der Waals surface area contributed by atoms with Gasteiger partial charge in [0.25, 0.3) is 0 Å². The van der Waals surface area contributed by atoms with Gasteiger partial charge in [0, 0.05) is 11.5 Å². The van der Waals surface area contributed by atoms with E-state index in [1.54, 1.807) is 11.8 Å². The van der Waals surface area contributed by atoms with Gasteiger partial charge in [-0.3, -0.25) is 0 Å². The van der Waals surface area contributed by atoms with Crippen LogP contribution in [0.15, 0.2) is 23.1 Å². The zero-order valence-electron chi connectivity index (χ0n) is 11.1. The molecule has 0 spiro atoms. The molecule has 0 bridgehead atoms. The molecule has 19 heavy (non-hydrogen) atoms. The van der Waals surface area contributed by atoms with Gasteiger partial charge in [0.1, 0.15) is 17.4 Å². The molecule has 4 heteroatoms. The van der Waals surface area contributed by atoms with E-state index in [-0.39, 0.29) is 12.7 Å². The molecule has 2 rings (SSSR count). The molecule has 0 aliphatic heterocycles. The Bertz CT molecular complexity index is 462. The highest BCUT2D eigenvalue weighted by molar-refractivity contribution is 7.98. The lowest BCUT2D eigenvalue weighted by molar-refractivity contribution is 0.104. The summed E-state index contributed by atoms with van der Waals surface area (Å²) in [4.78, 5) is 0.962. The Labute approximate surface area is 118 Å². The number of benzene rings is 1. The molecule has 0 radical (unpaired) electrons. The number of hydrogen-bond donors (Lipinski definition) is 1. The van der Waals surface area contributed by atoms with Crippen LogP contribution < -0.4 is 4.74 Å². The van der Waals surface area contributed by atoms with E-state index in [0.717, 1.165) is 30.6 Å². The molecule has 1 saturated carbocycles. The first kappa shape index (κ1) is 14.2. The molecule has 0 amide bonds. The maximum absolute atomic E-state index is 9.26. The van der Waals surface area contributed by atoms with E-state index in [1.807, 2.05) is 24.5 Å². The first-order valence-electron chi connectivity index (χ1n) is 6.63. The minimum Gasteiger partial charge on any atom is -0.489 e. The number of aliphatic hydroxyl groups excluding tert-OH is 1. The average Bonchev–Trinajstić information content (AvgIpc) is 2.47. The fraction of sp³-hybridized carbons (Fsp3) is 0.533. The van der Waals surface area contributed by atoms with Gasteiger partial charge in [-0.1, -0.05) is 6.07 Å². The number of ether oxygens (including phenoxy) is 1. The molecule has 1 fully saturated rings. The van der Waals surface area contributed by atoms with E-state index in [2.05, 4.69) is 6.07 Å². The summed E-state index contributed by atoms with van der Waals surface area (Å²) in [7, 11) is 0. The van der Waals surface area contributed by atoms with Crippen LogP contribution in [0.2, 0.25) is 0 Å². The second kappa shape index (κ2) is 6.83. The van der Waals surface area contributed by atoms with E-state index in [1.165, 1.54) is 0 Å². The first-order valence-corrected chi connectivity index (χ1v) is 7.85. The molecule has 1 aliphatic rings. The third-order valence-electron chi connectivity index (χ3n) is 3.67. The smallest absolute Gasteiger partial charge is 0.138 e. The predicted molar refractivity (Wildman–Crippen MR) is 76.4 cm³/mol. The Morgan fingerprint density at radius 1 is 1.37 bits per heavy atom. The van der Waals surface area contributed by atoms with Crippen molar-refractivity contribution in [1.82, 2.24) is 0 Å². The summed E-state index contributed by atoms with van der Waals surface area (Å²) in [6.07, 6.45) is 6.06. The number of rotatable bonds is 4. The second-order valence-electron chi connectivity index (χ2n) is 4.89. The highest BCUT2D eigenvalue weighted by Gasteiger charge is 2.23. The quantitative estimate of drug-likeness (QED) is 0.859. The molecule has 0 heterocycles. The van der Waals surface area contributed by atoms with Crippen LogP contribution in [0.25, 0.3) is 0 Å². The Hall–Kier alpha value is -1.18. The maximum atomic E-state index is 9.26. The van der Waals surface area contributed by atoms with E-state index in [9.17, 15) is 5.26 Å². The van der Waals surface area contributed by atoms with Gasteiger partial charge in [-0.15, -0.1) is 11.8 Å². The van der Waals surface area contributed by atoms with Crippen LogP contribution in [0.5, 0.6) is 5.75 Å². The van der Waals surface area contributed by atoms with Gasteiger partial charge in [-0.2, -0.15) is 5.26 Å². The molecule has 0 unspecified atom stereocenters. The van der Waals surface area contributed by atoms with Crippen LogP contribution in [0.4, 0.5) is 0 Å². The third kappa shape index (κ3) is 3.43. The minimum atomic E-state index is 0.173. The highest BCUT2D eigenvalue weighted by atomic mass is 32.2. The van der Waals surface area contributed by atoms with Crippen LogP contribution in [0.1, 0.15) is 31.2 Å². The Morgan fingerprint density at radius 3 is 2.68 bits per heavy atom. The maximum Gasteiger partial charge on any atom is 0.138 e. The fourth-order valence-corrected chi connectivity index (χ4v) is 3.07. The second-order valence-corrected chi connectivity index (χ2v) is 5.74. The SMILES string of the molecule is CSc1cccc(OC2CCC(CO)CC2)c1C#N. The van der Waals surface area contributed by atoms with Gasteiger partial charge in [0.15, 0.2) is 0 Å². The average molecular weight is 277 g/mol. The van der Waals surface area contributed by atoms with Crippen LogP contribution >= 0.6 is 11.8 Å². The van der Waals surface area contributed by atoms with Gasteiger partial charge in [0.05, 0.1) is 6.10 Å². The number of nitriles is 1. The molecular formula is C15H19NO2S. The van der Waals surface area contributed by atoms with Crippen LogP contribution in [-0.4, -0.2) is 24.1 Å². The number of thioether (sulfide) groups is 1. The van der Waals surface area contributed by atoms with Crippen LogP contribution in [0, 0.1) is 17.2 Å². The summed E-state index contributed by atoms with van der Waals surface area (Å²) in [6, 6.07) is 7.99. The molecule has 0 atom stereocenters. The lowest BCUT2D eigenvalue weighted by atomic mass is 9.88. The molecule has 1 aliphatic carbocycles. The molecular weight excluding hydrogens is 258 g/mol. The van der Waals surface area contributed by atoms with Crippen molar-refractivity contribution in [1.29, 1.82) is 5.26 Å². The van der Waals surface area contributed by atoms with Gasteiger partial charge in [0.2, 0.25) is 0 Å². The molecule has 1 aromatic rings. The van der Waals surface area contributed by atoms with Crippen molar-refractivity contribution in [3.63, 3.8) is 0 Å². The van der Waals surface area contributed by atoms with Crippen molar-refractivity contribution in [2.24, 2.45) is 5.92 Å². The highest BCUT2D eigenvalue weighted by Crippen LogP contribution is 2.32. The third-order valence-corrected chi connectivity index (χ3v) is 4.45. The van der Waals surface area contributed by atoms with Gasteiger partial charge < -0.3 is 9.84 Å². The standard InChI is InChI=1S/C15H19NO2S/c1-19-15-4-2-3-14(13(15)9-16)18-12-7-5-11(10-17)6-8-12/h2-4,11-12,17H,5-8,10H2,1H3. The Kier molecular flexibility index (Phi) is 5.12. The number of hydrogen-bond acceptors (Lipinski definition) is 4. The van der Waals surface area contributed by atoms with Crippen molar-refractivity contribution in [2.75, 3.05) is 12.9 Å². The topological polar surface area (TPSA) is 53.2 Å². The number of aliphatic hydroxyl groups is 1. The Morgan fingerprint density at radius 2 is 2.11 bits per heavy atom. The first-order chi connectivity index (χ1) is 9.28. The van der Waals surface area contributed by atoms with Gasteiger partial charge in [-0.25, -0.2) is 0 Å². The minimum absolute atomic E-state index is 0.173. The van der Waals surface area contributed by atoms with Crippen molar-refractivity contribution in [3.05, 3.63) is 23.8 Å². The summed E-state index contributed by atoms with van der Waals surface area (Å²) >= 11 is 1.56. The van der Waals surface area contributed by atoms with Gasteiger partial charge >= 0.3 is 0 Å². The zero-order valence-corrected chi connectivity index (χ0v) is 11.9. The van der Waals surface area contributed by atoms with Crippen molar-refractivity contribution in [3.8, 4) is 11.8 Å². The van der Waals surface area contributed by atoms with Crippen LogP contribution in [-0.2, 0) is 0 Å². The lowest BCUT2D eigenvalue weighted by Gasteiger charge is -2.28. The molecule has 1 N–H and O–H groups in total. The molecule has 1 aromatic carbocycles. The fourth-order valence-electron chi connectivity index (χ4n) is 2.50. The summed E-state index contributed by atoms with van der Waals surface area (Å²) in [5.74, 6) is 1.12. The van der Waals surface area contributed by atoms with Crippen molar-refractivity contribution < 1.29 is 9.84 Å². The lowest BCUT2D eigenvalue weighted by Crippen LogP contribution is -2.25. The number of nitrogens with zero attached hydrogens (tertiary/aromatic N) is 1. The largest absolute Gasteiger partial charge is 0.489 e. The van der Waals surface area contributed by atoms with E-state index >= 15 is 0 Å². The molecule has 3 nitrogen and oxygen atoms in total. The Balaban J connectivity index is 2.06. The normalized spacial score (nSPS) is 22.8. The monoisotopic (exact) mass is 277 g/mol. The summed E-state index contributed by atoms with van der Waals surface area (Å²) < 4.78 is 6.00. The molecule has 0 aromatic heterocycles. The van der Waals surface area contributed by atoms with E-state index < -0.39 is 0 Å². The van der Waals surface area contributed by atoms with Crippen molar-refractivity contribution in [2.45, 2.75) is 36.7 Å². The summed E-state index contributed by atoms with van der Waals surface area (Å²) in [6.45, 7) is 0.276. The zero-order chi connectivity index (χ0) is 13.7. The molecule has 102 valence electrons. The molecule has 0 saturated heterocycles. The summed E-state index contributed by atoms with van der Waals surface area (Å²) in [5, 5.41) is 18.4. The predicted octanol–water partition coefficient (Wildman–Crippen LogP) is 3.21. The van der Waals surface area contributed by atoms with E-state index in [4.69, 9.17) is 9.84 Å².